The number of ether oxygens (including phenoxy) is 1. The van der Waals surface area contributed by atoms with E-state index in [1.54, 1.807) is 49.5 Å². The van der Waals surface area contributed by atoms with Crippen molar-refractivity contribution in [1.29, 1.82) is 0 Å². The van der Waals surface area contributed by atoms with Crippen molar-refractivity contribution in [2.24, 2.45) is 0 Å². The average Bonchev–Trinajstić information content (AvgIpc) is 3.32. The van der Waals surface area contributed by atoms with Crippen LogP contribution in [-0.2, 0) is 9.53 Å². The van der Waals surface area contributed by atoms with Gasteiger partial charge in [-0.25, -0.2) is 9.18 Å². The molecule has 3 amide bonds. The largest absolute Gasteiger partial charge is 0.380 e. The van der Waals surface area contributed by atoms with Gasteiger partial charge in [-0.1, -0.05) is 12.0 Å². The number of terminal acetylenes is 1. The zero-order valence-electron chi connectivity index (χ0n) is 19.8. The first-order valence-electron chi connectivity index (χ1n) is 11.3. The Bertz CT molecular complexity index is 1390. The number of nitrogens with one attached hydrogen (secondary N) is 2. The summed E-state index contributed by atoms with van der Waals surface area (Å²) in [5.74, 6) is 1.25. The van der Waals surface area contributed by atoms with Gasteiger partial charge in [0.25, 0.3) is 5.56 Å². The number of methoxy groups -OCH3 is 1. The Kier molecular flexibility index (Phi) is 7.17. The topological polar surface area (TPSA) is 92.7 Å². The second kappa shape index (κ2) is 10.5. The molecule has 2 N–H and O–H groups in total. The molecular formula is C27H25FN4O4. The average molecular weight is 489 g/mol. The molecule has 1 aromatic heterocycles. The Morgan fingerprint density at radius 3 is 2.56 bits per heavy atom. The highest BCUT2D eigenvalue weighted by molar-refractivity contribution is 5.99. The maximum atomic E-state index is 14.9. The third kappa shape index (κ3) is 5.14. The first kappa shape index (κ1) is 24.7. The van der Waals surface area contributed by atoms with Crippen molar-refractivity contribution in [3.63, 3.8) is 0 Å². The summed E-state index contributed by atoms with van der Waals surface area (Å²) in [6.45, 7) is 1.87. The number of aromatic nitrogens is 1. The third-order valence-electron chi connectivity index (χ3n) is 6.09. The van der Waals surface area contributed by atoms with E-state index in [2.05, 4.69) is 16.6 Å². The number of rotatable bonds is 5. The van der Waals surface area contributed by atoms with Crippen molar-refractivity contribution in [3.05, 3.63) is 88.1 Å². The fourth-order valence-electron chi connectivity index (χ4n) is 4.06. The van der Waals surface area contributed by atoms with Gasteiger partial charge < -0.3 is 20.3 Å². The maximum Gasteiger partial charge on any atom is 0.322 e. The van der Waals surface area contributed by atoms with Gasteiger partial charge in [0.2, 0.25) is 5.91 Å². The van der Waals surface area contributed by atoms with Crippen LogP contribution in [0.1, 0.15) is 17.5 Å². The molecule has 0 spiro atoms. The minimum absolute atomic E-state index is 0.0597. The first-order chi connectivity index (χ1) is 17.3. The number of hydrogen-bond donors (Lipinski definition) is 2. The Balaban J connectivity index is 1.50. The van der Waals surface area contributed by atoms with Gasteiger partial charge in [-0.3, -0.25) is 14.2 Å². The van der Waals surface area contributed by atoms with E-state index in [-0.39, 0.29) is 30.3 Å². The molecule has 2 aromatic carbocycles. The molecule has 0 radical (unpaired) electrons. The normalized spacial score (nSPS) is 16.9. The summed E-state index contributed by atoms with van der Waals surface area (Å²) in [6, 6.07) is 12.8. The summed E-state index contributed by atoms with van der Waals surface area (Å²) in [4.78, 5) is 39.8. The van der Waals surface area contributed by atoms with Gasteiger partial charge in [-0.2, -0.15) is 0 Å². The monoisotopic (exact) mass is 488 g/mol. The number of urea groups is 1. The van der Waals surface area contributed by atoms with E-state index in [0.717, 1.165) is 0 Å². The van der Waals surface area contributed by atoms with E-state index in [9.17, 15) is 18.8 Å². The minimum atomic E-state index is -0.876. The van der Waals surface area contributed by atoms with Crippen LogP contribution in [0, 0.1) is 25.1 Å². The molecule has 2 atom stereocenters. The molecule has 1 aliphatic heterocycles. The van der Waals surface area contributed by atoms with E-state index >= 15 is 0 Å². The molecule has 1 aliphatic rings. The van der Waals surface area contributed by atoms with Gasteiger partial charge in [-0.15, -0.1) is 6.42 Å². The van der Waals surface area contributed by atoms with Crippen molar-refractivity contribution < 1.29 is 18.7 Å². The van der Waals surface area contributed by atoms with Crippen molar-refractivity contribution in [1.82, 2.24) is 9.47 Å². The highest BCUT2D eigenvalue weighted by Gasteiger charge is 2.40. The zero-order chi connectivity index (χ0) is 25.8. The standard InChI is InChI=1S/C27H25FN4O4/c1-4-18-7-9-19(10-8-18)29-27(35)32-16-21(36-3)15-24(32)25(33)30-23-12-11-20(14-22(23)28)31-13-5-6-17(2)26(31)34/h1,5-14,21,24H,15-16H2,2-3H3,(H,29,35)(H,30,33)/t21-,24-/m1/s1. The maximum absolute atomic E-state index is 14.9. The van der Waals surface area contributed by atoms with Gasteiger partial charge in [0, 0.05) is 49.2 Å². The number of aryl methyl sites for hydroxylation is 1. The molecule has 4 rings (SSSR count). The molecule has 0 unspecified atom stereocenters. The molecule has 0 saturated carbocycles. The highest BCUT2D eigenvalue weighted by Crippen LogP contribution is 2.25. The van der Waals surface area contributed by atoms with Crippen LogP contribution in [0.2, 0.25) is 0 Å². The van der Waals surface area contributed by atoms with Crippen LogP contribution in [-0.4, -0.2) is 47.2 Å². The van der Waals surface area contributed by atoms with Crippen molar-refractivity contribution >= 4 is 23.3 Å². The number of halogens is 1. The number of hydrogen-bond acceptors (Lipinski definition) is 4. The number of nitrogens with zero attached hydrogens (tertiary/aromatic N) is 2. The lowest BCUT2D eigenvalue weighted by atomic mass is 10.1. The van der Waals surface area contributed by atoms with Gasteiger partial charge >= 0.3 is 6.03 Å². The number of pyridine rings is 1. The predicted octanol–water partition coefficient (Wildman–Crippen LogP) is 3.53. The molecule has 1 saturated heterocycles. The highest BCUT2D eigenvalue weighted by atomic mass is 19.1. The summed E-state index contributed by atoms with van der Waals surface area (Å²) in [6.07, 6.45) is 6.81. The molecule has 3 aromatic rings. The minimum Gasteiger partial charge on any atom is -0.380 e. The number of amides is 3. The van der Waals surface area contributed by atoms with Gasteiger partial charge in [0.15, 0.2) is 0 Å². The Morgan fingerprint density at radius 1 is 1.14 bits per heavy atom. The molecular weight excluding hydrogens is 463 g/mol. The van der Waals surface area contributed by atoms with E-state index in [1.807, 2.05) is 0 Å². The van der Waals surface area contributed by atoms with Crippen LogP contribution < -0.4 is 16.2 Å². The van der Waals surface area contributed by atoms with Crippen LogP contribution in [0.5, 0.6) is 0 Å². The molecule has 184 valence electrons. The Hall–Kier alpha value is -4.42. The molecule has 36 heavy (non-hydrogen) atoms. The van der Waals surface area contributed by atoms with E-state index < -0.39 is 23.8 Å². The van der Waals surface area contributed by atoms with E-state index in [0.29, 0.717) is 22.5 Å². The Morgan fingerprint density at radius 2 is 1.89 bits per heavy atom. The second-order valence-corrected chi connectivity index (χ2v) is 8.43. The van der Waals surface area contributed by atoms with Crippen LogP contribution in [0.3, 0.4) is 0 Å². The van der Waals surface area contributed by atoms with E-state index in [1.165, 1.54) is 34.8 Å². The predicted molar refractivity (Wildman–Crippen MR) is 135 cm³/mol. The molecule has 0 bridgehead atoms. The molecule has 0 aliphatic carbocycles. The first-order valence-corrected chi connectivity index (χ1v) is 11.3. The van der Waals surface area contributed by atoms with Gasteiger partial charge in [0.05, 0.1) is 17.5 Å². The van der Waals surface area contributed by atoms with Crippen LogP contribution in [0.15, 0.2) is 65.6 Å². The molecule has 8 nitrogen and oxygen atoms in total. The molecule has 1 fully saturated rings. The number of carbonyl (C=O) groups is 2. The number of anilines is 2. The number of benzene rings is 2. The van der Waals surface area contributed by atoms with Crippen LogP contribution in [0.25, 0.3) is 5.69 Å². The SMILES string of the molecule is C#Cc1ccc(NC(=O)N2C[C@H](OC)C[C@@H]2C(=O)Nc2ccc(-n3cccc(C)c3=O)cc2F)cc1. The number of likely N-dealkylation sites (tertiary alicyclic amines) is 1. The smallest absolute Gasteiger partial charge is 0.322 e. The van der Waals surface area contributed by atoms with Crippen LogP contribution in [0.4, 0.5) is 20.6 Å². The lowest BCUT2D eigenvalue weighted by molar-refractivity contribution is -0.119. The van der Waals surface area contributed by atoms with Crippen molar-refractivity contribution in [2.75, 3.05) is 24.3 Å². The lowest BCUT2D eigenvalue weighted by Crippen LogP contribution is -2.45. The summed E-state index contributed by atoms with van der Waals surface area (Å²) < 4.78 is 21.6. The lowest BCUT2D eigenvalue weighted by Gasteiger charge is -2.24. The number of carbonyl (C=O) groups excluding carboxylic acids is 2. The van der Waals surface area contributed by atoms with Crippen molar-refractivity contribution in [2.45, 2.75) is 25.5 Å². The Labute approximate surface area is 207 Å². The molecule has 9 heteroatoms. The summed E-state index contributed by atoms with van der Waals surface area (Å²) in [7, 11) is 1.51. The van der Waals surface area contributed by atoms with E-state index in [4.69, 9.17) is 11.2 Å². The van der Waals surface area contributed by atoms with Gasteiger partial charge in [0.1, 0.15) is 11.9 Å². The quantitative estimate of drug-likeness (QED) is 0.538. The molecule has 2 heterocycles. The van der Waals surface area contributed by atoms with Crippen molar-refractivity contribution in [3.8, 4) is 18.0 Å². The fraction of sp³-hybridized carbons (Fsp3) is 0.222. The fourth-order valence-corrected chi connectivity index (χ4v) is 4.06. The summed E-state index contributed by atoms with van der Waals surface area (Å²) >= 11 is 0. The summed E-state index contributed by atoms with van der Waals surface area (Å²) in [5.41, 5.74) is 1.72. The van der Waals surface area contributed by atoms with Gasteiger partial charge in [-0.05, 0) is 49.4 Å². The zero-order valence-corrected chi connectivity index (χ0v) is 19.8. The second-order valence-electron chi connectivity index (χ2n) is 8.43. The summed E-state index contributed by atoms with van der Waals surface area (Å²) in [5, 5.41) is 5.32. The third-order valence-corrected chi connectivity index (χ3v) is 6.09. The van der Waals surface area contributed by atoms with Crippen LogP contribution >= 0.6 is 0 Å².